The molecular formula is C31H28Cl2N2O6. The number of alkyl halides is 2. The molecule has 0 spiro atoms. The molecule has 8 nitrogen and oxygen atoms in total. The third-order valence-electron chi connectivity index (χ3n) is 8.98. The van der Waals surface area contributed by atoms with Gasteiger partial charge in [-0.3, -0.25) is 29.0 Å². The number of allylic oxidation sites excluding steroid dienone is 2. The molecule has 0 aromatic heterocycles. The highest BCUT2D eigenvalue weighted by molar-refractivity contribution is 6.53. The molecule has 4 aliphatic rings. The number of hydrogen-bond acceptors (Lipinski definition) is 6. The van der Waals surface area contributed by atoms with Crippen molar-refractivity contribution in [3.8, 4) is 5.75 Å². The Morgan fingerprint density at radius 1 is 1.02 bits per heavy atom. The Balaban J connectivity index is 1.50. The van der Waals surface area contributed by atoms with Gasteiger partial charge in [-0.2, -0.15) is 0 Å². The molecule has 1 N–H and O–H groups in total. The van der Waals surface area contributed by atoms with Crippen molar-refractivity contribution in [1.29, 1.82) is 0 Å². The van der Waals surface area contributed by atoms with E-state index >= 15 is 0 Å². The first-order chi connectivity index (χ1) is 19.6. The van der Waals surface area contributed by atoms with Gasteiger partial charge < -0.3 is 9.84 Å². The highest BCUT2D eigenvalue weighted by Crippen LogP contribution is 2.66. The zero-order valence-electron chi connectivity index (χ0n) is 22.3. The number of rotatable bonds is 6. The summed E-state index contributed by atoms with van der Waals surface area (Å²) < 4.78 is 5.83. The van der Waals surface area contributed by atoms with Crippen molar-refractivity contribution < 1.29 is 29.0 Å². The summed E-state index contributed by atoms with van der Waals surface area (Å²) in [6.45, 7) is 3.51. The lowest BCUT2D eigenvalue weighted by Gasteiger charge is -2.51. The number of amides is 4. The van der Waals surface area contributed by atoms with Crippen LogP contribution in [0.4, 0.5) is 5.69 Å². The number of halogens is 2. The number of ether oxygens (including phenoxy) is 1. The van der Waals surface area contributed by atoms with Crippen LogP contribution in [0.15, 0.2) is 66.8 Å². The van der Waals surface area contributed by atoms with Crippen molar-refractivity contribution in [2.45, 2.75) is 28.5 Å². The molecule has 0 unspecified atom stereocenters. The van der Waals surface area contributed by atoms with E-state index in [0.717, 1.165) is 10.5 Å². The Morgan fingerprint density at radius 2 is 1.73 bits per heavy atom. The van der Waals surface area contributed by atoms with Crippen molar-refractivity contribution in [2.24, 2.45) is 17.8 Å². The fourth-order valence-electron chi connectivity index (χ4n) is 7.11. The zero-order chi connectivity index (χ0) is 29.3. The summed E-state index contributed by atoms with van der Waals surface area (Å²) in [6.07, 6.45) is 3.73. The van der Waals surface area contributed by atoms with Gasteiger partial charge in [-0.05, 0) is 42.5 Å². The van der Waals surface area contributed by atoms with Gasteiger partial charge >= 0.3 is 0 Å². The van der Waals surface area contributed by atoms with Gasteiger partial charge in [0, 0.05) is 18.5 Å². The number of aliphatic hydroxyl groups excluding tert-OH is 1. The largest absolute Gasteiger partial charge is 0.491 e. The van der Waals surface area contributed by atoms with E-state index in [1.807, 2.05) is 6.08 Å². The molecule has 3 fully saturated rings. The summed E-state index contributed by atoms with van der Waals surface area (Å²) in [5.41, 5.74) is 2.50. The molecule has 2 aromatic rings. The molecule has 6 rings (SSSR count). The first-order valence-corrected chi connectivity index (χ1v) is 14.2. The quantitative estimate of drug-likeness (QED) is 0.309. The van der Waals surface area contributed by atoms with E-state index in [1.54, 1.807) is 54.6 Å². The van der Waals surface area contributed by atoms with Gasteiger partial charge in [-0.25, -0.2) is 0 Å². The fourth-order valence-corrected chi connectivity index (χ4v) is 8.12. The summed E-state index contributed by atoms with van der Waals surface area (Å²) in [5, 5.41) is 9.41. The number of aliphatic hydroxyl groups is 1. The Bertz CT molecular complexity index is 1520. The SMILES string of the molecule is C=Cc1ccc(N2C(=O)[C@H]3[C@H](CC=C4[C@H]3C[C@@]3(Cl)C(=O)N(C)C(=O)[C@@]3(Cl)[C@H]4c3ccccc3OCCO)C2=O)cc1. The summed E-state index contributed by atoms with van der Waals surface area (Å²) in [6, 6.07) is 13.9. The second kappa shape index (κ2) is 9.82. The van der Waals surface area contributed by atoms with E-state index in [0.29, 0.717) is 22.6 Å². The number of benzene rings is 2. The maximum absolute atomic E-state index is 14.1. The Hall–Kier alpha value is -3.46. The van der Waals surface area contributed by atoms with E-state index in [1.165, 1.54) is 11.9 Å². The highest BCUT2D eigenvalue weighted by atomic mass is 35.5. The number of para-hydroxylation sites is 1. The van der Waals surface area contributed by atoms with Crippen LogP contribution in [0.2, 0.25) is 0 Å². The van der Waals surface area contributed by atoms with Crippen LogP contribution >= 0.6 is 23.2 Å². The summed E-state index contributed by atoms with van der Waals surface area (Å²) >= 11 is 14.4. The topological polar surface area (TPSA) is 104 Å². The second-order valence-corrected chi connectivity index (χ2v) is 12.2. The standard InChI is InChI=1S/C31H28Cl2N2O6/c1-3-17-8-10-18(11-9-17)35-26(37)21-13-12-19-22(24(21)27(35)38)16-30(32)28(39)34(2)29(40)31(30,33)25(19)20-6-4-5-7-23(20)41-15-14-36/h3-12,21-22,24-25,36H,1,13-16H2,2H3/t21-,22+,24-,25+,30+,31-/m0/s1. The second-order valence-electron chi connectivity index (χ2n) is 10.9. The van der Waals surface area contributed by atoms with Crippen molar-refractivity contribution >= 4 is 58.6 Å². The van der Waals surface area contributed by atoms with Gasteiger partial charge in [-0.15, -0.1) is 23.2 Å². The van der Waals surface area contributed by atoms with Crippen LogP contribution in [0, 0.1) is 17.8 Å². The predicted octanol–water partition coefficient (Wildman–Crippen LogP) is 3.89. The van der Waals surface area contributed by atoms with E-state index in [-0.39, 0.29) is 37.9 Å². The molecule has 10 heteroatoms. The zero-order valence-corrected chi connectivity index (χ0v) is 23.8. The minimum Gasteiger partial charge on any atom is -0.491 e. The average molecular weight is 595 g/mol. The molecular weight excluding hydrogens is 567 g/mol. The first kappa shape index (κ1) is 27.7. The van der Waals surface area contributed by atoms with Crippen LogP contribution in [0.3, 0.4) is 0 Å². The average Bonchev–Trinajstić information content (AvgIpc) is 3.31. The highest BCUT2D eigenvalue weighted by Gasteiger charge is 2.76. The molecule has 41 heavy (non-hydrogen) atoms. The predicted molar refractivity (Wildman–Crippen MR) is 154 cm³/mol. The van der Waals surface area contributed by atoms with Crippen LogP contribution in [0.25, 0.3) is 6.08 Å². The molecule has 2 heterocycles. The maximum atomic E-state index is 14.1. The maximum Gasteiger partial charge on any atom is 0.253 e. The van der Waals surface area contributed by atoms with Crippen LogP contribution in [-0.4, -0.2) is 63.6 Å². The minimum atomic E-state index is -1.90. The Labute approximate surface area is 247 Å². The number of imide groups is 2. The normalized spacial score (nSPS) is 32.4. The van der Waals surface area contributed by atoms with Crippen molar-refractivity contribution in [1.82, 2.24) is 4.90 Å². The lowest BCUT2D eigenvalue weighted by molar-refractivity contribution is -0.138. The monoisotopic (exact) mass is 594 g/mol. The van der Waals surface area contributed by atoms with Gasteiger partial charge in [0.2, 0.25) is 11.8 Å². The number of hydrogen-bond donors (Lipinski definition) is 1. The van der Waals surface area contributed by atoms with Gasteiger partial charge in [0.15, 0.2) is 9.75 Å². The number of carbonyl (C=O) groups is 4. The van der Waals surface area contributed by atoms with E-state index < -0.39 is 45.2 Å². The van der Waals surface area contributed by atoms with E-state index in [9.17, 15) is 24.3 Å². The fraction of sp³-hybridized carbons (Fsp3) is 0.355. The third-order valence-corrected chi connectivity index (χ3v) is 10.4. The molecule has 2 aliphatic heterocycles. The molecule has 2 aliphatic carbocycles. The Kier molecular flexibility index (Phi) is 6.64. The van der Waals surface area contributed by atoms with Gasteiger partial charge in [0.25, 0.3) is 11.8 Å². The van der Waals surface area contributed by atoms with Gasteiger partial charge in [-0.1, -0.05) is 54.6 Å². The van der Waals surface area contributed by atoms with Crippen molar-refractivity contribution in [2.75, 3.05) is 25.2 Å². The van der Waals surface area contributed by atoms with Crippen molar-refractivity contribution in [3.63, 3.8) is 0 Å². The molecule has 0 bridgehead atoms. The lowest BCUT2D eigenvalue weighted by atomic mass is 9.56. The van der Waals surface area contributed by atoms with E-state index in [2.05, 4.69) is 6.58 Å². The molecule has 6 atom stereocenters. The van der Waals surface area contributed by atoms with Crippen LogP contribution < -0.4 is 9.64 Å². The molecule has 2 aromatic carbocycles. The smallest absolute Gasteiger partial charge is 0.253 e. The lowest BCUT2D eigenvalue weighted by Crippen LogP contribution is -2.60. The summed E-state index contributed by atoms with van der Waals surface area (Å²) in [4.78, 5) is 53.5. The molecule has 212 valence electrons. The summed E-state index contributed by atoms with van der Waals surface area (Å²) in [5.74, 6) is -4.60. The molecule has 2 saturated heterocycles. The summed E-state index contributed by atoms with van der Waals surface area (Å²) in [7, 11) is 1.35. The van der Waals surface area contributed by atoms with Crippen LogP contribution in [0.1, 0.15) is 29.9 Å². The van der Waals surface area contributed by atoms with Gasteiger partial charge in [0.1, 0.15) is 12.4 Å². The number of likely N-dealkylation sites (tertiary alicyclic amines) is 1. The Morgan fingerprint density at radius 3 is 2.41 bits per heavy atom. The minimum absolute atomic E-state index is 0.00240. The molecule has 4 amide bonds. The van der Waals surface area contributed by atoms with Crippen molar-refractivity contribution in [3.05, 3.63) is 77.9 Å². The van der Waals surface area contributed by atoms with E-state index in [4.69, 9.17) is 27.9 Å². The van der Waals surface area contributed by atoms with Gasteiger partial charge in [0.05, 0.1) is 24.1 Å². The van der Waals surface area contributed by atoms with Crippen LogP contribution in [-0.2, 0) is 19.2 Å². The number of nitrogens with zero attached hydrogens (tertiary/aromatic N) is 2. The third kappa shape index (κ3) is 3.70. The number of fused-ring (bicyclic) bond motifs is 4. The van der Waals surface area contributed by atoms with Crippen LogP contribution in [0.5, 0.6) is 5.75 Å². The number of anilines is 1. The molecule has 1 saturated carbocycles. The first-order valence-electron chi connectivity index (χ1n) is 13.4. The molecule has 0 radical (unpaired) electrons. The number of carbonyl (C=O) groups excluding carboxylic acids is 4.